The molecule has 18 heavy (non-hydrogen) atoms. The lowest BCUT2D eigenvalue weighted by Gasteiger charge is -2.28. The van der Waals surface area contributed by atoms with E-state index in [0.29, 0.717) is 18.9 Å². The number of carboxylic acids is 1. The first kappa shape index (κ1) is 11.0. The lowest BCUT2D eigenvalue weighted by Crippen LogP contribution is -2.37. The molecule has 0 radical (unpaired) electrons. The van der Waals surface area contributed by atoms with Gasteiger partial charge in [0, 0.05) is 25.4 Å². The average Bonchev–Trinajstić information content (AvgIpc) is 2.83. The van der Waals surface area contributed by atoms with Crippen LogP contribution in [0.2, 0.25) is 0 Å². The molecule has 0 unspecified atom stereocenters. The van der Waals surface area contributed by atoms with Gasteiger partial charge in [-0.15, -0.1) is 0 Å². The van der Waals surface area contributed by atoms with E-state index in [9.17, 15) is 4.79 Å². The molecule has 0 spiro atoms. The molecule has 7 nitrogen and oxygen atoms in total. The third-order valence-electron chi connectivity index (χ3n) is 2.89. The Balaban J connectivity index is 2.07. The zero-order valence-corrected chi connectivity index (χ0v) is 9.61. The predicted molar refractivity (Wildman–Crippen MR) is 63.0 cm³/mol. The molecule has 3 rings (SSSR count). The molecule has 7 heteroatoms. The molecule has 0 aliphatic carbocycles. The van der Waals surface area contributed by atoms with E-state index < -0.39 is 5.97 Å². The number of anilines is 1. The Bertz CT molecular complexity index is 589. The molecule has 0 aromatic carbocycles. The Morgan fingerprint density at radius 2 is 2.17 bits per heavy atom. The van der Waals surface area contributed by atoms with Crippen LogP contribution in [-0.4, -0.2) is 52.0 Å². The fourth-order valence-corrected chi connectivity index (χ4v) is 2.02. The quantitative estimate of drug-likeness (QED) is 0.821. The first-order valence-electron chi connectivity index (χ1n) is 5.66. The van der Waals surface area contributed by atoms with E-state index in [0.717, 1.165) is 18.9 Å². The van der Waals surface area contributed by atoms with Gasteiger partial charge < -0.3 is 14.7 Å². The van der Waals surface area contributed by atoms with Crippen LogP contribution in [0, 0.1) is 0 Å². The van der Waals surface area contributed by atoms with Gasteiger partial charge in [0.1, 0.15) is 5.82 Å². The monoisotopic (exact) mass is 248 g/mol. The number of hydrogen-bond acceptors (Lipinski definition) is 5. The second-order valence-corrected chi connectivity index (χ2v) is 4.01. The second-order valence-electron chi connectivity index (χ2n) is 4.01. The summed E-state index contributed by atoms with van der Waals surface area (Å²) in [6.45, 7) is 2.86. The summed E-state index contributed by atoms with van der Waals surface area (Å²) < 4.78 is 6.86. The number of rotatable bonds is 2. The van der Waals surface area contributed by atoms with Crippen LogP contribution in [0.3, 0.4) is 0 Å². The minimum absolute atomic E-state index is 0.00297. The number of fused-ring (bicyclic) bond motifs is 1. The van der Waals surface area contributed by atoms with Crippen molar-refractivity contribution < 1.29 is 14.6 Å². The van der Waals surface area contributed by atoms with Gasteiger partial charge >= 0.3 is 5.97 Å². The molecular weight excluding hydrogens is 236 g/mol. The number of hydrogen-bond donors (Lipinski definition) is 1. The van der Waals surface area contributed by atoms with E-state index in [1.165, 1.54) is 6.07 Å². The van der Waals surface area contributed by atoms with E-state index >= 15 is 0 Å². The molecule has 0 atom stereocenters. The third-order valence-corrected chi connectivity index (χ3v) is 2.89. The van der Waals surface area contributed by atoms with Gasteiger partial charge in [-0.25, -0.2) is 9.78 Å². The van der Waals surface area contributed by atoms with E-state index in [4.69, 9.17) is 9.84 Å². The molecule has 94 valence electrons. The molecule has 1 aliphatic rings. The Morgan fingerprint density at radius 3 is 2.89 bits per heavy atom. The predicted octanol–water partition coefficient (Wildman–Crippen LogP) is 0.264. The third kappa shape index (κ3) is 1.78. The van der Waals surface area contributed by atoms with Gasteiger partial charge in [0.05, 0.1) is 13.2 Å². The lowest BCUT2D eigenvalue weighted by atomic mass is 10.4. The van der Waals surface area contributed by atoms with E-state index in [2.05, 4.69) is 15.0 Å². The summed E-state index contributed by atoms with van der Waals surface area (Å²) in [5.41, 5.74) is 0.541. The van der Waals surface area contributed by atoms with Crippen molar-refractivity contribution in [3.63, 3.8) is 0 Å². The Kier molecular flexibility index (Phi) is 2.60. The number of aromatic nitrogens is 3. The lowest BCUT2D eigenvalue weighted by molar-refractivity contribution is 0.0690. The summed E-state index contributed by atoms with van der Waals surface area (Å²) in [6, 6.07) is 3.29. The van der Waals surface area contributed by atoms with Crippen molar-refractivity contribution in [1.82, 2.24) is 14.6 Å². The zero-order chi connectivity index (χ0) is 12.5. The minimum Gasteiger partial charge on any atom is -0.476 e. The summed E-state index contributed by atoms with van der Waals surface area (Å²) in [4.78, 5) is 17.1. The number of carbonyl (C=O) groups is 1. The van der Waals surface area contributed by atoms with Crippen LogP contribution in [0.4, 0.5) is 5.82 Å². The van der Waals surface area contributed by atoms with Crippen LogP contribution in [0.1, 0.15) is 10.5 Å². The van der Waals surface area contributed by atoms with Gasteiger partial charge in [-0.1, -0.05) is 0 Å². The molecule has 3 heterocycles. The molecule has 1 saturated heterocycles. The zero-order valence-electron chi connectivity index (χ0n) is 9.61. The molecule has 1 N–H and O–H groups in total. The molecule has 0 saturated carbocycles. The topological polar surface area (TPSA) is 80.0 Å². The van der Waals surface area contributed by atoms with Crippen LogP contribution in [0.25, 0.3) is 5.65 Å². The highest BCUT2D eigenvalue weighted by Crippen LogP contribution is 2.17. The van der Waals surface area contributed by atoms with Crippen molar-refractivity contribution >= 4 is 17.4 Å². The minimum atomic E-state index is -1.05. The molecule has 2 aromatic rings. The van der Waals surface area contributed by atoms with Crippen LogP contribution in [0.15, 0.2) is 18.3 Å². The summed E-state index contributed by atoms with van der Waals surface area (Å²) in [5.74, 6) is -0.204. The number of nitrogens with zero attached hydrogens (tertiary/aromatic N) is 4. The highest BCUT2D eigenvalue weighted by molar-refractivity contribution is 5.86. The Labute approximate surface area is 103 Å². The smallest absolute Gasteiger partial charge is 0.356 e. The summed E-state index contributed by atoms with van der Waals surface area (Å²) in [5, 5.41) is 13.0. The summed E-state index contributed by atoms with van der Waals surface area (Å²) in [7, 11) is 0. The maximum atomic E-state index is 10.9. The fourth-order valence-electron chi connectivity index (χ4n) is 2.02. The van der Waals surface area contributed by atoms with E-state index in [-0.39, 0.29) is 5.69 Å². The summed E-state index contributed by atoms with van der Waals surface area (Å²) >= 11 is 0. The summed E-state index contributed by atoms with van der Waals surface area (Å²) in [6.07, 6.45) is 1.66. The Morgan fingerprint density at radius 1 is 1.39 bits per heavy atom. The molecule has 0 bridgehead atoms. The number of aromatic carboxylic acids is 1. The van der Waals surface area contributed by atoms with Crippen LogP contribution >= 0.6 is 0 Å². The average molecular weight is 248 g/mol. The number of ether oxygens (including phenoxy) is 1. The van der Waals surface area contributed by atoms with Gasteiger partial charge in [0.2, 0.25) is 0 Å². The highest BCUT2D eigenvalue weighted by Gasteiger charge is 2.17. The van der Waals surface area contributed by atoms with Crippen LogP contribution in [-0.2, 0) is 4.74 Å². The first-order valence-corrected chi connectivity index (χ1v) is 5.66. The van der Waals surface area contributed by atoms with Crippen LogP contribution in [0.5, 0.6) is 0 Å². The van der Waals surface area contributed by atoms with E-state index in [1.807, 2.05) is 6.07 Å². The van der Waals surface area contributed by atoms with Crippen molar-refractivity contribution in [2.24, 2.45) is 0 Å². The second kappa shape index (κ2) is 4.26. The van der Waals surface area contributed by atoms with E-state index in [1.54, 1.807) is 10.7 Å². The number of morpholine rings is 1. The first-order chi connectivity index (χ1) is 8.75. The Hall–Kier alpha value is -2.15. The van der Waals surface area contributed by atoms with Crippen molar-refractivity contribution in [2.45, 2.75) is 0 Å². The highest BCUT2D eigenvalue weighted by atomic mass is 16.5. The van der Waals surface area contributed by atoms with Gasteiger partial charge in [-0.3, -0.25) is 0 Å². The van der Waals surface area contributed by atoms with Gasteiger partial charge in [0.25, 0.3) is 0 Å². The normalized spacial score (nSPS) is 16.1. The van der Waals surface area contributed by atoms with Crippen molar-refractivity contribution in [3.05, 3.63) is 24.0 Å². The molecular formula is C11H12N4O3. The standard InChI is InChI=1S/C11H12N4O3/c16-11(17)8-7-9-12-2-1-10(15(9)13-8)14-3-5-18-6-4-14/h1-2,7H,3-6H2,(H,16,17). The number of carboxylic acid groups (broad SMARTS) is 1. The van der Waals surface area contributed by atoms with Crippen molar-refractivity contribution in [3.8, 4) is 0 Å². The molecule has 1 fully saturated rings. The fraction of sp³-hybridized carbons (Fsp3) is 0.364. The van der Waals surface area contributed by atoms with Crippen LogP contribution < -0.4 is 4.90 Å². The molecule has 2 aromatic heterocycles. The largest absolute Gasteiger partial charge is 0.476 e. The SMILES string of the molecule is O=C(O)c1cc2nccc(N3CCOCC3)n2n1. The molecule has 0 amide bonds. The van der Waals surface area contributed by atoms with Gasteiger partial charge in [0.15, 0.2) is 11.3 Å². The van der Waals surface area contributed by atoms with Crippen molar-refractivity contribution in [2.75, 3.05) is 31.2 Å². The maximum absolute atomic E-state index is 10.9. The van der Waals surface area contributed by atoms with Gasteiger partial charge in [-0.05, 0) is 6.07 Å². The van der Waals surface area contributed by atoms with Crippen molar-refractivity contribution in [1.29, 1.82) is 0 Å². The molecule has 1 aliphatic heterocycles. The maximum Gasteiger partial charge on any atom is 0.356 e. The van der Waals surface area contributed by atoms with Gasteiger partial charge in [-0.2, -0.15) is 9.61 Å².